The summed E-state index contributed by atoms with van der Waals surface area (Å²) in [7, 11) is 0. The molecule has 0 atom stereocenters. The van der Waals surface area contributed by atoms with Crippen LogP contribution in [0.25, 0.3) is 17.1 Å². The fourth-order valence-corrected chi connectivity index (χ4v) is 3.89. The minimum Gasteiger partial charge on any atom is -0.333 e. The van der Waals surface area contributed by atoms with Crippen LogP contribution in [0.15, 0.2) is 78.0 Å². The molecule has 0 aliphatic heterocycles. The Balaban J connectivity index is 1.41. The first-order valence-electron chi connectivity index (χ1n) is 11.0. The number of benzene rings is 3. The summed E-state index contributed by atoms with van der Waals surface area (Å²) < 4.78 is 1.73. The van der Waals surface area contributed by atoms with Gasteiger partial charge >= 0.3 is 6.03 Å². The highest BCUT2D eigenvalue weighted by atomic mass is 35.5. The number of nitrogens with zero attached hydrogens (tertiary/aromatic N) is 4. The average molecular weight is 505 g/mol. The lowest BCUT2D eigenvalue weighted by Gasteiger charge is -2.15. The summed E-state index contributed by atoms with van der Waals surface area (Å²) in [6.45, 7) is 6.16. The Morgan fingerprint density at radius 2 is 1.74 bits per heavy atom. The van der Waals surface area contributed by atoms with Gasteiger partial charge in [0.25, 0.3) is 0 Å². The van der Waals surface area contributed by atoms with Crippen molar-refractivity contribution >= 4 is 46.8 Å². The van der Waals surface area contributed by atoms with Gasteiger partial charge in [-0.1, -0.05) is 55.3 Å². The van der Waals surface area contributed by atoms with Crippen molar-refractivity contribution in [2.75, 3.05) is 10.6 Å². The van der Waals surface area contributed by atoms with E-state index >= 15 is 0 Å². The molecule has 0 fully saturated rings. The van der Waals surface area contributed by atoms with E-state index in [9.17, 15) is 4.79 Å². The van der Waals surface area contributed by atoms with Crippen LogP contribution in [0.2, 0.25) is 5.02 Å². The Morgan fingerprint density at radius 1 is 1.03 bits per heavy atom. The highest BCUT2D eigenvalue weighted by Crippen LogP contribution is 2.31. The van der Waals surface area contributed by atoms with E-state index in [0.717, 1.165) is 16.8 Å². The molecule has 0 saturated carbocycles. The molecule has 0 aliphatic carbocycles. The van der Waals surface area contributed by atoms with Crippen LogP contribution in [0.3, 0.4) is 0 Å². The number of anilines is 2. The van der Waals surface area contributed by atoms with E-state index in [-0.39, 0.29) is 11.1 Å². The lowest BCUT2D eigenvalue weighted by molar-refractivity contribution is 0.259. The number of aromatic nitrogens is 3. The summed E-state index contributed by atoms with van der Waals surface area (Å²) in [5.74, 6) is 0.825. The van der Waals surface area contributed by atoms with Crippen LogP contribution >= 0.6 is 24.2 Å². The average Bonchev–Trinajstić information content (AvgIpc) is 3.31. The third kappa shape index (κ3) is 6.09. The summed E-state index contributed by atoms with van der Waals surface area (Å²) in [5.41, 5.74) is 5.23. The van der Waals surface area contributed by atoms with Crippen molar-refractivity contribution in [2.45, 2.75) is 26.7 Å². The molecule has 4 rings (SSSR count). The summed E-state index contributed by atoms with van der Waals surface area (Å²) in [5, 5.41) is 11.0. The molecule has 35 heavy (non-hydrogen) atoms. The molecule has 0 saturated heterocycles. The largest absolute Gasteiger partial charge is 0.347 e. The van der Waals surface area contributed by atoms with Crippen LogP contribution in [-0.2, 0) is 0 Å². The molecule has 0 radical (unpaired) electrons. The maximum Gasteiger partial charge on any atom is 0.347 e. The van der Waals surface area contributed by atoms with Gasteiger partial charge in [-0.05, 0) is 60.9 Å². The second-order valence-corrected chi connectivity index (χ2v) is 9.11. The van der Waals surface area contributed by atoms with E-state index in [0.29, 0.717) is 22.2 Å². The first-order chi connectivity index (χ1) is 16.8. The lowest BCUT2D eigenvalue weighted by Crippen LogP contribution is -2.14. The molecule has 9 heteroatoms. The van der Waals surface area contributed by atoms with Crippen LogP contribution < -0.4 is 10.6 Å². The van der Waals surface area contributed by atoms with Crippen LogP contribution in [0, 0.1) is 6.92 Å². The summed E-state index contributed by atoms with van der Waals surface area (Å²) >= 11 is 10.6. The Hall–Kier alpha value is -3.62. The smallest absolute Gasteiger partial charge is 0.333 e. The molecule has 0 bridgehead atoms. The molecular formula is C26H25ClN6OS. The number of hydrogen-bond donors (Lipinski definition) is 3. The number of para-hydroxylation sites is 1. The normalized spacial score (nSPS) is 11.5. The number of rotatable bonds is 5. The topological polar surface area (TPSA) is 84.2 Å². The zero-order chi connectivity index (χ0) is 24.9. The minimum absolute atomic E-state index is 0.139. The van der Waals surface area contributed by atoms with Crippen LogP contribution in [0.4, 0.5) is 16.2 Å². The van der Waals surface area contributed by atoms with Gasteiger partial charge in [-0.3, -0.25) is 0 Å². The summed E-state index contributed by atoms with van der Waals surface area (Å²) in [6.07, 6.45) is 1.68. The van der Waals surface area contributed by atoms with Crippen LogP contribution in [0.1, 0.15) is 30.9 Å². The van der Waals surface area contributed by atoms with Gasteiger partial charge in [0.15, 0.2) is 11.0 Å². The van der Waals surface area contributed by atoms with E-state index in [1.807, 2.05) is 55.5 Å². The van der Waals surface area contributed by atoms with Crippen molar-refractivity contribution in [3.05, 3.63) is 89.2 Å². The van der Waals surface area contributed by atoms with Gasteiger partial charge < -0.3 is 10.6 Å². The van der Waals surface area contributed by atoms with E-state index in [1.165, 1.54) is 5.56 Å². The maximum atomic E-state index is 12.4. The zero-order valence-corrected chi connectivity index (χ0v) is 21.2. The first kappa shape index (κ1) is 24.5. The quantitative estimate of drug-likeness (QED) is 0.156. The molecule has 0 spiro atoms. The van der Waals surface area contributed by atoms with E-state index in [4.69, 9.17) is 11.6 Å². The molecule has 0 unspecified atom stereocenters. The van der Waals surface area contributed by atoms with Gasteiger partial charge in [0.2, 0.25) is 0 Å². The fraction of sp³-hybridized carbons (Fsp3) is 0.154. The minimum atomic E-state index is -0.560. The van der Waals surface area contributed by atoms with Gasteiger partial charge in [-0.25, -0.2) is 14.5 Å². The predicted octanol–water partition coefficient (Wildman–Crippen LogP) is 6.95. The van der Waals surface area contributed by atoms with E-state index < -0.39 is 6.03 Å². The number of aryl methyl sites for hydroxylation is 1. The number of thiol groups is 1. The van der Waals surface area contributed by atoms with Gasteiger partial charge in [-0.2, -0.15) is 4.99 Å². The molecule has 0 aliphatic rings. The Labute approximate surface area is 214 Å². The lowest BCUT2D eigenvalue weighted by atomic mass is 10.0. The SMILES string of the molecule is Cc1ccc(-n2cnc(-c3ccc(NC(=O)/N=C(\S)Nc4c(Cl)cccc4C(C)C)cc3)n2)cc1. The monoisotopic (exact) mass is 504 g/mol. The van der Waals surface area contributed by atoms with Crippen molar-refractivity contribution < 1.29 is 4.79 Å². The summed E-state index contributed by atoms with van der Waals surface area (Å²) in [6, 6.07) is 20.3. The number of aliphatic imine (C=N–C) groups is 1. The molecule has 178 valence electrons. The second kappa shape index (κ2) is 10.8. The molecule has 7 nitrogen and oxygen atoms in total. The van der Waals surface area contributed by atoms with Crippen molar-refractivity contribution in [3.8, 4) is 17.1 Å². The molecule has 1 aromatic heterocycles. The molecule has 1 heterocycles. The van der Waals surface area contributed by atoms with E-state index in [2.05, 4.69) is 52.2 Å². The highest BCUT2D eigenvalue weighted by Gasteiger charge is 2.12. The van der Waals surface area contributed by atoms with Crippen LogP contribution in [-0.4, -0.2) is 26.0 Å². The number of halogens is 1. The van der Waals surface area contributed by atoms with Crippen molar-refractivity contribution in [2.24, 2.45) is 4.99 Å². The molecule has 2 amide bonds. The molecule has 3 aromatic carbocycles. The number of amidine groups is 1. The number of amides is 2. The maximum absolute atomic E-state index is 12.4. The van der Waals surface area contributed by atoms with Gasteiger partial charge in [0, 0.05) is 11.3 Å². The number of hydrogen-bond acceptors (Lipinski definition) is 3. The number of carbonyl (C=O) groups is 1. The standard InChI is InChI=1S/C26H25ClN6OS/c1-16(2)21-5-4-6-22(27)23(21)30-26(35)31-25(34)29-19-11-9-18(10-12-19)24-28-15-33(32-24)20-13-7-17(3)8-14-20/h4-16H,1-3H3,(H3,29,30,31,34,35). The second-order valence-electron chi connectivity index (χ2n) is 8.27. The van der Waals surface area contributed by atoms with Crippen molar-refractivity contribution in [3.63, 3.8) is 0 Å². The number of nitrogens with one attached hydrogen (secondary N) is 2. The van der Waals surface area contributed by atoms with E-state index in [1.54, 1.807) is 29.2 Å². The number of carbonyl (C=O) groups excluding carboxylic acids is 1. The van der Waals surface area contributed by atoms with Crippen molar-refractivity contribution in [1.82, 2.24) is 14.8 Å². The zero-order valence-electron chi connectivity index (χ0n) is 19.5. The molecule has 4 aromatic rings. The molecular weight excluding hydrogens is 480 g/mol. The number of urea groups is 1. The Kier molecular flexibility index (Phi) is 7.53. The Bertz CT molecular complexity index is 1360. The summed E-state index contributed by atoms with van der Waals surface area (Å²) in [4.78, 5) is 20.8. The fourth-order valence-electron chi connectivity index (χ4n) is 3.46. The first-order valence-corrected chi connectivity index (χ1v) is 11.9. The Morgan fingerprint density at radius 3 is 2.43 bits per heavy atom. The van der Waals surface area contributed by atoms with Gasteiger partial charge in [0.05, 0.1) is 16.4 Å². The van der Waals surface area contributed by atoms with Crippen molar-refractivity contribution in [1.29, 1.82) is 0 Å². The predicted molar refractivity (Wildman–Crippen MR) is 146 cm³/mol. The van der Waals surface area contributed by atoms with Crippen LogP contribution in [0.5, 0.6) is 0 Å². The highest BCUT2D eigenvalue weighted by molar-refractivity contribution is 7.97. The third-order valence-corrected chi connectivity index (χ3v) is 5.82. The molecule has 2 N–H and O–H groups in total. The van der Waals surface area contributed by atoms with Gasteiger partial charge in [0.1, 0.15) is 6.33 Å². The third-order valence-electron chi connectivity index (χ3n) is 5.30. The van der Waals surface area contributed by atoms with Gasteiger partial charge in [-0.15, -0.1) is 17.7 Å².